The van der Waals surface area contributed by atoms with Gasteiger partial charge < -0.3 is 19.3 Å². The van der Waals surface area contributed by atoms with E-state index in [-0.39, 0.29) is 0 Å². The molecule has 0 atom stereocenters. The van der Waals surface area contributed by atoms with Crippen molar-refractivity contribution in [1.29, 1.82) is 0 Å². The van der Waals surface area contributed by atoms with Crippen LogP contribution < -0.4 is 9.47 Å². The minimum absolute atomic E-state index is 0.305. The third-order valence-electron chi connectivity index (χ3n) is 5.82. The third kappa shape index (κ3) is 9.57. The zero-order valence-corrected chi connectivity index (χ0v) is 24.8. The van der Waals surface area contributed by atoms with Crippen LogP contribution in [0.4, 0.5) is 9.59 Å². The molecule has 0 saturated carbocycles. The van der Waals surface area contributed by atoms with Gasteiger partial charge in [-0.25, -0.2) is 9.59 Å². The number of hydrogen-bond acceptors (Lipinski definition) is 4. The maximum Gasteiger partial charge on any atom is 0.415 e. The van der Waals surface area contributed by atoms with Crippen molar-refractivity contribution in [2.45, 2.75) is 26.7 Å². The summed E-state index contributed by atoms with van der Waals surface area (Å²) in [5, 5.41) is 0. The summed E-state index contributed by atoms with van der Waals surface area (Å²) in [5.74, 6) is 2.12. The molecule has 0 aliphatic heterocycles. The number of halogens is 4. The molecule has 2 amide bonds. The lowest BCUT2D eigenvalue weighted by atomic mass is 9.91. The predicted octanol–water partition coefficient (Wildman–Crippen LogP) is 7.97. The summed E-state index contributed by atoms with van der Waals surface area (Å²) in [5.41, 5.74) is 4.43. The molecule has 6 nitrogen and oxygen atoms in total. The van der Waals surface area contributed by atoms with Gasteiger partial charge in [0.2, 0.25) is 0 Å². The maximum absolute atomic E-state index is 12.4. The Morgan fingerprint density at radius 3 is 1.11 bits per heavy atom. The average molecular weight is 604 g/mol. The topological polar surface area (TPSA) is 59.1 Å². The first-order chi connectivity index (χ1) is 18.4. The van der Waals surface area contributed by atoms with Crippen LogP contribution in [0.25, 0.3) is 11.1 Å². The number of rotatable bonds is 14. The van der Waals surface area contributed by atoms with E-state index in [1.165, 1.54) is 20.9 Å². The zero-order valence-electron chi connectivity index (χ0n) is 21.7. The van der Waals surface area contributed by atoms with Crippen molar-refractivity contribution >= 4 is 69.7 Å². The van der Waals surface area contributed by atoms with Crippen LogP contribution in [-0.2, 0) is 0 Å². The largest absolute Gasteiger partial charge is 0.415 e. The number of hydrogen-bond donors (Lipinski definition) is 0. The van der Waals surface area contributed by atoms with E-state index in [0.29, 0.717) is 61.2 Å². The highest BCUT2D eigenvalue weighted by molar-refractivity contribution is 6.19. The van der Waals surface area contributed by atoms with Gasteiger partial charge in [-0.3, -0.25) is 0 Å². The molecular weight excluding hydrogens is 570 g/mol. The number of carbonyl (C=O) groups is 2. The summed E-state index contributed by atoms with van der Waals surface area (Å²) in [7, 11) is 0. The average Bonchev–Trinajstić information content (AvgIpc) is 2.92. The number of alkyl halides is 4. The summed E-state index contributed by atoms with van der Waals surface area (Å²) in [4.78, 5) is 27.8. The van der Waals surface area contributed by atoms with Crippen molar-refractivity contribution in [3.63, 3.8) is 0 Å². The van der Waals surface area contributed by atoms with Gasteiger partial charge in [0.05, 0.1) is 0 Å². The third-order valence-corrected chi connectivity index (χ3v) is 6.50. The Hall–Kier alpha value is -2.12. The summed E-state index contributed by atoms with van der Waals surface area (Å²) in [6.07, 6.45) is 0.663. The number of allylic oxidation sites excluding steroid dienone is 2. The van der Waals surface area contributed by atoms with Gasteiger partial charge in [0.25, 0.3) is 0 Å². The monoisotopic (exact) mass is 602 g/mol. The Morgan fingerprint density at radius 2 is 0.868 bits per heavy atom. The fourth-order valence-electron chi connectivity index (χ4n) is 3.96. The SMILES string of the molecule is CC/C(=C(/CC)c1ccc(OC(=O)N(CCCl)CCCl)cc1)c1ccc(OC(=O)N(CCCl)CCCl)cc1. The van der Waals surface area contributed by atoms with Crippen LogP contribution in [-0.4, -0.2) is 71.7 Å². The predicted molar refractivity (Wildman–Crippen MR) is 158 cm³/mol. The van der Waals surface area contributed by atoms with Crippen molar-refractivity contribution in [1.82, 2.24) is 9.80 Å². The summed E-state index contributed by atoms with van der Waals surface area (Å²) in [6, 6.07) is 14.9. The van der Waals surface area contributed by atoms with E-state index in [1.54, 1.807) is 24.3 Å². The molecule has 0 spiro atoms. The second-order valence-corrected chi connectivity index (χ2v) is 9.69. The molecule has 0 fully saturated rings. The van der Waals surface area contributed by atoms with Crippen LogP contribution >= 0.6 is 46.4 Å². The molecule has 2 aromatic carbocycles. The molecule has 0 bridgehead atoms. The molecule has 0 aliphatic carbocycles. The Morgan fingerprint density at radius 1 is 0.579 bits per heavy atom. The van der Waals surface area contributed by atoms with Crippen LogP contribution in [0.5, 0.6) is 11.5 Å². The van der Waals surface area contributed by atoms with Crippen LogP contribution in [0.1, 0.15) is 37.8 Å². The van der Waals surface area contributed by atoms with Crippen molar-refractivity contribution in [2.75, 3.05) is 49.7 Å². The lowest BCUT2D eigenvalue weighted by Gasteiger charge is -2.20. The van der Waals surface area contributed by atoms with Gasteiger partial charge in [-0.2, -0.15) is 0 Å². The van der Waals surface area contributed by atoms with Crippen molar-refractivity contribution in [3.05, 3.63) is 59.7 Å². The number of carbonyl (C=O) groups excluding carboxylic acids is 2. The summed E-state index contributed by atoms with van der Waals surface area (Å²) < 4.78 is 11.0. The van der Waals surface area contributed by atoms with E-state index in [1.807, 2.05) is 24.3 Å². The number of ether oxygens (including phenoxy) is 2. The standard InChI is InChI=1S/C28H34Cl4N2O4/c1-3-25(21-5-9-23(10-6-21)37-27(35)33(17-13-29)18-14-30)26(4-2)22-7-11-24(12-8-22)38-28(36)34(19-15-31)20-16-32/h5-12H,3-4,13-20H2,1-2H3/b26-25+. The van der Waals surface area contributed by atoms with Gasteiger partial charge in [-0.05, 0) is 59.4 Å². The van der Waals surface area contributed by atoms with E-state index >= 15 is 0 Å². The Labute approximate surface area is 245 Å². The highest BCUT2D eigenvalue weighted by Crippen LogP contribution is 2.33. The minimum atomic E-state index is -0.478. The molecule has 2 rings (SSSR count). The number of benzene rings is 2. The lowest BCUT2D eigenvalue weighted by molar-refractivity contribution is 0.157. The van der Waals surface area contributed by atoms with Crippen molar-refractivity contribution in [2.24, 2.45) is 0 Å². The second-order valence-electron chi connectivity index (χ2n) is 8.18. The summed E-state index contributed by atoms with van der Waals surface area (Å²) >= 11 is 23.1. The molecule has 0 unspecified atom stereocenters. The molecule has 10 heteroatoms. The van der Waals surface area contributed by atoms with E-state index in [9.17, 15) is 9.59 Å². The molecule has 208 valence electrons. The van der Waals surface area contributed by atoms with Crippen molar-refractivity contribution in [3.8, 4) is 11.5 Å². The smallest absolute Gasteiger partial charge is 0.410 e. The molecule has 0 heterocycles. The van der Waals surface area contributed by atoms with Gasteiger partial charge in [0.1, 0.15) is 11.5 Å². The highest BCUT2D eigenvalue weighted by atomic mass is 35.5. The van der Waals surface area contributed by atoms with Gasteiger partial charge in [-0.15, -0.1) is 46.4 Å². The number of amides is 2. The second kappa shape index (κ2) is 17.5. The van der Waals surface area contributed by atoms with Gasteiger partial charge in [-0.1, -0.05) is 38.1 Å². The van der Waals surface area contributed by atoms with Gasteiger partial charge >= 0.3 is 12.2 Å². The van der Waals surface area contributed by atoms with E-state index in [4.69, 9.17) is 55.9 Å². The van der Waals surface area contributed by atoms with Crippen LogP contribution in [0.15, 0.2) is 48.5 Å². The molecule has 38 heavy (non-hydrogen) atoms. The molecule has 0 saturated heterocycles. The Balaban J connectivity index is 2.20. The highest BCUT2D eigenvalue weighted by Gasteiger charge is 2.17. The molecule has 0 N–H and O–H groups in total. The van der Waals surface area contributed by atoms with Crippen LogP contribution in [0, 0.1) is 0 Å². The zero-order chi connectivity index (χ0) is 27.9. The lowest BCUT2D eigenvalue weighted by Crippen LogP contribution is -2.36. The molecule has 0 aliphatic rings. The van der Waals surface area contributed by atoms with Gasteiger partial charge in [0.15, 0.2) is 0 Å². The summed E-state index contributed by atoms with van der Waals surface area (Å²) in [6.45, 7) is 5.67. The molecular formula is C28H34Cl4N2O4. The van der Waals surface area contributed by atoms with Gasteiger partial charge in [0, 0.05) is 49.7 Å². The van der Waals surface area contributed by atoms with Crippen LogP contribution in [0.2, 0.25) is 0 Å². The Kier molecular flexibility index (Phi) is 14.8. The minimum Gasteiger partial charge on any atom is -0.410 e. The normalized spacial score (nSPS) is 11.5. The first-order valence-corrected chi connectivity index (χ1v) is 14.7. The fourth-order valence-corrected chi connectivity index (χ4v) is 4.78. The first kappa shape index (κ1) is 32.1. The fraction of sp³-hybridized carbons (Fsp3) is 0.429. The van der Waals surface area contributed by atoms with E-state index in [2.05, 4.69) is 13.8 Å². The molecule has 2 aromatic rings. The first-order valence-electron chi connectivity index (χ1n) is 12.5. The molecule has 0 radical (unpaired) electrons. The number of nitrogens with zero attached hydrogens (tertiary/aromatic N) is 2. The van der Waals surface area contributed by atoms with E-state index < -0.39 is 12.2 Å². The quantitative estimate of drug-likeness (QED) is 0.162. The van der Waals surface area contributed by atoms with Crippen LogP contribution in [0.3, 0.4) is 0 Å². The van der Waals surface area contributed by atoms with E-state index in [0.717, 1.165) is 24.0 Å². The molecule has 0 aromatic heterocycles. The Bertz CT molecular complexity index is 950. The maximum atomic E-state index is 12.4. The van der Waals surface area contributed by atoms with Crippen molar-refractivity contribution < 1.29 is 19.1 Å².